The van der Waals surface area contributed by atoms with Crippen LogP contribution in [0.15, 0.2) is 6.07 Å². The van der Waals surface area contributed by atoms with Crippen molar-refractivity contribution in [3.8, 4) is 0 Å². The molecule has 0 bridgehead atoms. The van der Waals surface area contributed by atoms with Gasteiger partial charge in [-0.3, -0.25) is 0 Å². The number of nitrogens with zero attached hydrogens (tertiary/aromatic N) is 2. The highest BCUT2D eigenvalue weighted by Crippen LogP contribution is 2.29. The van der Waals surface area contributed by atoms with Crippen molar-refractivity contribution >= 4 is 33.3 Å². The third-order valence-corrected chi connectivity index (χ3v) is 3.53. The highest BCUT2D eigenvalue weighted by Gasteiger charge is 2.12. The molecule has 2 rings (SSSR count). The highest BCUT2D eigenvalue weighted by molar-refractivity contribution is 7.18. The maximum absolute atomic E-state index is 9.20. The zero-order valence-electron chi connectivity index (χ0n) is 9.90. The Balaban J connectivity index is 2.44. The Labute approximate surface area is 104 Å². The van der Waals surface area contributed by atoms with Gasteiger partial charge < -0.3 is 16.2 Å². The van der Waals surface area contributed by atoms with E-state index in [0.29, 0.717) is 5.82 Å². The fourth-order valence-corrected chi connectivity index (χ4v) is 2.53. The number of aliphatic hydroxyl groups is 1. The Bertz CT molecular complexity index is 521. The van der Waals surface area contributed by atoms with Crippen LogP contribution in [0, 0.1) is 6.92 Å². The molecular weight excluding hydrogens is 236 g/mol. The first-order chi connectivity index (χ1) is 8.13. The summed E-state index contributed by atoms with van der Waals surface area (Å²) >= 11 is 1.59. The fourth-order valence-electron chi connectivity index (χ4n) is 1.64. The van der Waals surface area contributed by atoms with Crippen LogP contribution in [-0.2, 0) is 0 Å². The van der Waals surface area contributed by atoms with Crippen molar-refractivity contribution in [3.63, 3.8) is 0 Å². The third kappa shape index (κ3) is 2.48. The van der Waals surface area contributed by atoms with E-state index in [4.69, 9.17) is 5.73 Å². The van der Waals surface area contributed by atoms with Crippen molar-refractivity contribution in [3.05, 3.63) is 10.9 Å². The van der Waals surface area contributed by atoms with E-state index in [0.717, 1.165) is 16.6 Å². The lowest BCUT2D eigenvalue weighted by atomic mass is 10.2. The van der Waals surface area contributed by atoms with Crippen LogP contribution in [-0.4, -0.2) is 27.7 Å². The molecule has 0 spiro atoms. The Morgan fingerprint density at radius 3 is 2.94 bits per heavy atom. The van der Waals surface area contributed by atoms with Crippen LogP contribution >= 0.6 is 11.3 Å². The summed E-state index contributed by atoms with van der Waals surface area (Å²) in [4.78, 5) is 10.4. The van der Waals surface area contributed by atoms with Crippen molar-refractivity contribution in [2.24, 2.45) is 0 Å². The predicted molar refractivity (Wildman–Crippen MR) is 71.4 cm³/mol. The largest absolute Gasteiger partial charge is 0.394 e. The summed E-state index contributed by atoms with van der Waals surface area (Å²) in [6, 6.07) is 2.03. The van der Waals surface area contributed by atoms with Crippen LogP contribution in [0.25, 0.3) is 10.2 Å². The molecule has 2 aromatic rings. The average molecular weight is 252 g/mol. The molecule has 0 aliphatic heterocycles. The molecule has 6 heteroatoms. The molecule has 2 heterocycles. The minimum absolute atomic E-state index is 0.00675. The number of hydrogen-bond acceptors (Lipinski definition) is 6. The average Bonchev–Trinajstić information content (AvgIpc) is 2.66. The van der Waals surface area contributed by atoms with E-state index in [1.807, 2.05) is 19.9 Å². The number of nitrogen functional groups attached to an aromatic ring is 1. The van der Waals surface area contributed by atoms with Crippen LogP contribution < -0.4 is 11.1 Å². The summed E-state index contributed by atoms with van der Waals surface area (Å²) in [5, 5.41) is 13.4. The van der Waals surface area contributed by atoms with Crippen LogP contribution in [0.4, 0.5) is 11.8 Å². The first-order valence-corrected chi connectivity index (χ1v) is 6.36. The van der Waals surface area contributed by atoms with Gasteiger partial charge in [-0.05, 0) is 19.4 Å². The molecule has 92 valence electrons. The van der Waals surface area contributed by atoms with Crippen molar-refractivity contribution in [1.29, 1.82) is 0 Å². The van der Waals surface area contributed by atoms with Crippen LogP contribution in [0.1, 0.15) is 18.2 Å². The monoisotopic (exact) mass is 252 g/mol. The van der Waals surface area contributed by atoms with Crippen LogP contribution in [0.5, 0.6) is 0 Å². The zero-order valence-corrected chi connectivity index (χ0v) is 10.7. The summed E-state index contributed by atoms with van der Waals surface area (Å²) in [5.74, 6) is 0.965. The van der Waals surface area contributed by atoms with E-state index in [-0.39, 0.29) is 18.6 Å². The summed E-state index contributed by atoms with van der Waals surface area (Å²) < 4.78 is 0. The van der Waals surface area contributed by atoms with Gasteiger partial charge in [-0.15, -0.1) is 11.3 Å². The minimum atomic E-state index is -0.00675. The van der Waals surface area contributed by atoms with Gasteiger partial charge in [0.05, 0.1) is 18.0 Å². The number of rotatable bonds is 4. The maximum Gasteiger partial charge on any atom is 0.223 e. The van der Waals surface area contributed by atoms with E-state index in [1.165, 1.54) is 4.88 Å². The summed E-state index contributed by atoms with van der Waals surface area (Å²) in [6.07, 6.45) is 0.824. The maximum atomic E-state index is 9.20. The first kappa shape index (κ1) is 12.1. The lowest BCUT2D eigenvalue weighted by molar-refractivity contribution is 0.271. The first-order valence-electron chi connectivity index (χ1n) is 5.55. The second kappa shape index (κ2) is 4.85. The SMILES string of the molecule is CCC(CO)Nc1nc(N)nc2sc(C)cc12. The number of hydrogen-bond donors (Lipinski definition) is 3. The third-order valence-electron chi connectivity index (χ3n) is 2.59. The predicted octanol–water partition coefficient (Wildman–Crippen LogP) is 1.76. The normalized spacial score (nSPS) is 12.9. The summed E-state index contributed by atoms with van der Waals surface area (Å²) in [7, 11) is 0. The smallest absolute Gasteiger partial charge is 0.223 e. The van der Waals surface area contributed by atoms with E-state index in [1.54, 1.807) is 11.3 Å². The van der Waals surface area contributed by atoms with E-state index < -0.39 is 0 Å². The van der Waals surface area contributed by atoms with Crippen molar-refractivity contribution in [1.82, 2.24) is 9.97 Å². The molecule has 1 unspecified atom stereocenters. The van der Waals surface area contributed by atoms with Gasteiger partial charge in [0.25, 0.3) is 0 Å². The molecule has 0 saturated carbocycles. The number of aliphatic hydroxyl groups excluding tert-OH is 1. The van der Waals surface area contributed by atoms with Gasteiger partial charge in [0.1, 0.15) is 10.6 Å². The van der Waals surface area contributed by atoms with Crippen molar-refractivity contribution in [2.45, 2.75) is 26.3 Å². The quantitative estimate of drug-likeness (QED) is 0.772. The molecule has 1 atom stereocenters. The molecule has 5 nitrogen and oxygen atoms in total. The van der Waals surface area contributed by atoms with Gasteiger partial charge in [0.15, 0.2) is 0 Å². The Morgan fingerprint density at radius 2 is 2.29 bits per heavy atom. The van der Waals surface area contributed by atoms with Gasteiger partial charge >= 0.3 is 0 Å². The number of thiophene rings is 1. The lowest BCUT2D eigenvalue weighted by Crippen LogP contribution is -2.23. The van der Waals surface area contributed by atoms with Gasteiger partial charge in [0.2, 0.25) is 5.95 Å². The lowest BCUT2D eigenvalue weighted by Gasteiger charge is -2.15. The molecule has 0 saturated heterocycles. The highest BCUT2D eigenvalue weighted by atomic mass is 32.1. The zero-order chi connectivity index (χ0) is 12.4. The van der Waals surface area contributed by atoms with Gasteiger partial charge in [-0.25, -0.2) is 4.98 Å². The number of fused-ring (bicyclic) bond motifs is 1. The second-order valence-corrected chi connectivity index (χ2v) is 5.17. The van der Waals surface area contributed by atoms with Crippen molar-refractivity contribution < 1.29 is 5.11 Å². The number of aryl methyl sites for hydroxylation is 1. The number of aromatic nitrogens is 2. The minimum Gasteiger partial charge on any atom is -0.394 e. The van der Waals surface area contributed by atoms with Gasteiger partial charge in [-0.1, -0.05) is 6.92 Å². The van der Waals surface area contributed by atoms with Crippen molar-refractivity contribution in [2.75, 3.05) is 17.7 Å². The Hall–Kier alpha value is -1.40. The molecule has 0 aliphatic rings. The topological polar surface area (TPSA) is 84.1 Å². The van der Waals surface area contributed by atoms with E-state index in [2.05, 4.69) is 15.3 Å². The molecule has 0 fully saturated rings. The van der Waals surface area contributed by atoms with E-state index >= 15 is 0 Å². The van der Waals surface area contributed by atoms with Gasteiger partial charge in [-0.2, -0.15) is 4.98 Å². The van der Waals surface area contributed by atoms with Crippen LogP contribution in [0.2, 0.25) is 0 Å². The molecule has 2 aromatic heterocycles. The summed E-state index contributed by atoms with van der Waals surface area (Å²) in [5.41, 5.74) is 5.67. The molecular formula is C11H16N4OS. The molecule has 0 radical (unpaired) electrons. The van der Waals surface area contributed by atoms with E-state index in [9.17, 15) is 5.11 Å². The van der Waals surface area contributed by atoms with Gasteiger partial charge in [0, 0.05) is 4.88 Å². The van der Waals surface area contributed by atoms with Crippen LogP contribution in [0.3, 0.4) is 0 Å². The molecule has 0 amide bonds. The standard InChI is InChI=1S/C11H16N4OS/c1-3-7(5-16)13-9-8-4-6(2)17-10(8)15-11(12)14-9/h4,7,16H,3,5H2,1-2H3,(H3,12,13,14,15). The summed E-state index contributed by atoms with van der Waals surface area (Å²) in [6.45, 7) is 4.11. The number of nitrogens with two attached hydrogens (primary N) is 1. The second-order valence-electron chi connectivity index (χ2n) is 3.94. The number of anilines is 2. The Morgan fingerprint density at radius 1 is 1.53 bits per heavy atom. The number of nitrogens with one attached hydrogen (secondary N) is 1. The molecule has 0 aliphatic carbocycles. The molecule has 0 aromatic carbocycles. The Kier molecular flexibility index (Phi) is 3.44. The fraction of sp³-hybridized carbons (Fsp3) is 0.455. The molecule has 4 N–H and O–H groups in total. The molecule has 17 heavy (non-hydrogen) atoms.